The van der Waals surface area contributed by atoms with Gasteiger partial charge in [-0.1, -0.05) is 12.6 Å². The number of carbonyl (C=O) groups excluding carboxylic acids is 1. The minimum Gasteiger partial charge on any atom is -0.726 e. The lowest BCUT2D eigenvalue weighted by atomic mass is 10.4. The van der Waals surface area contributed by atoms with E-state index in [0.717, 1.165) is 0 Å². The molecule has 0 saturated heterocycles. The Labute approximate surface area is 111 Å². The van der Waals surface area contributed by atoms with Crippen molar-refractivity contribution >= 4 is 16.4 Å². The van der Waals surface area contributed by atoms with E-state index in [4.69, 9.17) is 0 Å². The third-order valence-corrected chi connectivity index (χ3v) is 1.96. The summed E-state index contributed by atoms with van der Waals surface area (Å²) in [6.45, 7) is 3.95. The van der Waals surface area contributed by atoms with Gasteiger partial charge in [-0.2, -0.15) is 0 Å². The molecular formula is C11H15NO6S. The van der Waals surface area contributed by atoms with Gasteiger partial charge in [-0.05, 0) is 6.92 Å². The molecule has 106 valence electrons. The highest BCUT2D eigenvalue weighted by molar-refractivity contribution is 7.80. The van der Waals surface area contributed by atoms with Gasteiger partial charge in [0.1, 0.15) is 6.61 Å². The summed E-state index contributed by atoms with van der Waals surface area (Å²) in [6.07, 6.45) is 3.75. The SMILES string of the molecule is C=C(C)C(=O)OCCOS(=O)(=O)[O-].c1cc[nH+]cc1. The Hall–Kier alpha value is -1.77. The third-order valence-electron chi connectivity index (χ3n) is 1.50. The van der Waals surface area contributed by atoms with E-state index in [1.54, 1.807) is 0 Å². The van der Waals surface area contributed by atoms with Crippen LogP contribution in [0.3, 0.4) is 0 Å². The monoisotopic (exact) mass is 289 g/mol. The van der Waals surface area contributed by atoms with Gasteiger partial charge < -0.3 is 9.29 Å². The minimum absolute atomic E-state index is 0.185. The average molecular weight is 289 g/mol. The first-order valence-electron chi connectivity index (χ1n) is 5.17. The molecule has 0 amide bonds. The van der Waals surface area contributed by atoms with Gasteiger partial charge in [0.15, 0.2) is 12.4 Å². The molecule has 0 aliphatic heterocycles. The quantitative estimate of drug-likeness (QED) is 0.250. The van der Waals surface area contributed by atoms with Crippen LogP contribution in [0.1, 0.15) is 6.92 Å². The van der Waals surface area contributed by atoms with Gasteiger partial charge in [-0.3, -0.25) is 4.18 Å². The van der Waals surface area contributed by atoms with Gasteiger partial charge in [0.25, 0.3) is 0 Å². The van der Waals surface area contributed by atoms with Crippen LogP contribution in [0, 0.1) is 0 Å². The lowest BCUT2D eigenvalue weighted by Crippen LogP contribution is -2.13. The Kier molecular flexibility index (Phi) is 8.34. The summed E-state index contributed by atoms with van der Waals surface area (Å²) in [5, 5.41) is 0. The molecule has 1 rings (SSSR count). The second-order valence-corrected chi connectivity index (χ2v) is 4.28. The summed E-state index contributed by atoms with van der Waals surface area (Å²) < 4.78 is 37.8. The van der Waals surface area contributed by atoms with Crippen LogP contribution < -0.4 is 4.98 Å². The number of pyridine rings is 1. The van der Waals surface area contributed by atoms with E-state index in [1.165, 1.54) is 6.92 Å². The maximum absolute atomic E-state index is 10.7. The number of aromatic amines is 1. The molecule has 19 heavy (non-hydrogen) atoms. The van der Waals surface area contributed by atoms with E-state index in [0.29, 0.717) is 0 Å². The molecule has 1 N–H and O–H groups in total. The summed E-state index contributed by atoms with van der Waals surface area (Å²) >= 11 is 0. The van der Waals surface area contributed by atoms with Crippen LogP contribution in [0.5, 0.6) is 0 Å². The lowest BCUT2D eigenvalue weighted by molar-refractivity contribution is -0.377. The van der Waals surface area contributed by atoms with Crippen LogP contribution >= 0.6 is 0 Å². The van der Waals surface area contributed by atoms with Gasteiger partial charge in [-0.15, -0.1) is 0 Å². The number of ether oxygens (including phenoxy) is 1. The molecule has 0 aliphatic rings. The summed E-state index contributed by atoms with van der Waals surface area (Å²) in [7, 11) is -4.71. The zero-order valence-corrected chi connectivity index (χ0v) is 11.2. The Bertz CT molecular complexity index is 458. The smallest absolute Gasteiger partial charge is 0.333 e. The van der Waals surface area contributed by atoms with Crippen molar-refractivity contribution in [2.45, 2.75) is 6.92 Å². The van der Waals surface area contributed by atoms with Crippen LogP contribution in [0.15, 0.2) is 42.7 Å². The Morgan fingerprint density at radius 2 is 1.84 bits per heavy atom. The standard InChI is InChI=1S/C6H10O6S.C5H5N/c1-5(2)6(7)11-3-4-12-13(8,9)10;1-2-4-6-5-3-1/h1,3-4H2,2H3,(H,8,9,10);1-5H. The van der Waals surface area contributed by atoms with Crippen molar-refractivity contribution in [1.29, 1.82) is 0 Å². The lowest BCUT2D eigenvalue weighted by Gasteiger charge is -2.07. The molecule has 0 bridgehead atoms. The highest BCUT2D eigenvalue weighted by atomic mass is 32.3. The molecule has 0 fully saturated rings. The zero-order valence-electron chi connectivity index (χ0n) is 10.4. The fraction of sp³-hybridized carbons (Fsp3) is 0.273. The summed E-state index contributed by atoms with van der Waals surface area (Å²) in [5.74, 6) is -0.660. The Morgan fingerprint density at radius 3 is 2.16 bits per heavy atom. The van der Waals surface area contributed by atoms with Crippen LogP contribution in [-0.2, 0) is 24.1 Å². The molecule has 0 radical (unpaired) electrons. The fourth-order valence-electron chi connectivity index (χ4n) is 0.736. The van der Waals surface area contributed by atoms with Crippen molar-refractivity contribution in [3.63, 3.8) is 0 Å². The van der Waals surface area contributed by atoms with Crippen LogP contribution in [0.4, 0.5) is 0 Å². The van der Waals surface area contributed by atoms with Crippen molar-refractivity contribution in [3.05, 3.63) is 42.7 Å². The molecule has 7 nitrogen and oxygen atoms in total. The maximum Gasteiger partial charge on any atom is 0.333 e. The van der Waals surface area contributed by atoms with Gasteiger partial charge >= 0.3 is 5.97 Å². The number of esters is 1. The summed E-state index contributed by atoms with van der Waals surface area (Å²) in [4.78, 5) is 13.6. The van der Waals surface area contributed by atoms with Crippen LogP contribution in [0.25, 0.3) is 0 Å². The number of aromatic nitrogens is 1. The molecule has 1 aromatic rings. The van der Waals surface area contributed by atoms with E-state index in [1.807, 2.05) is 30.6 Å². The van der Waals surface area contributed by atoms with Crippen LogP contribution in [-0.4, -0.2) is 32.2 Å². The van der Waals surface area contributed by atoms with E-state index in [-0.39, 0.29) is 12.2 Å². The van der Waals surface area contributed by atoms with E-state index >= 15 is 0 Å². The highest BCUT2D eigenvalue weighted by Gasteiger charge is 2.02. The molecule has 0 aliphatic carbocycles. The molecule has 0 atom stereocenters. The molecule has 1 heterocycles. The number of nitrogens with one attached hydrogen (secondary N) is 1. The number of H-pyrrole nitrogens is 1. The Morgan fingerprint density at radius 1 is 1.26 bits per heavy atom. The second kappa shape index (κ2) is 9.20. The van der Waals surface area contributed by atoms with E-state index in [9.17, 15) is 17.8 Å². The molecule has 0 aromatic carbocycles. The average Bonchev–Trinajstić information content (AvgIpc) is 2.36. The van der Waals surface area contributed by atoms with E-state index < -0.39 is 23.0 Å². The van der Waals surface area contributed by atoms with Crippen molar-refractivity contribution in [3.8, 4) is 0 Å². The molecular weight excluding hydrogens is 274 g/mol. The van der Waals surface area contributed by atoms with Crippen molar-refractivity contribution in [2.75, 3.05) is 13.2 Å². The molecule has 0 spiro atoms. The largest absolute Gasteiger partial charge is 0.726 e. The summed E-state index contributed by atoms with van der Waals surface area (Å²) in [5.41, 5.74) is 0.185. The molecule has 1 aromatic heterocycles. The number of hydrogen-bond donors (Lipinski definition) is 0. The minimum atomic E-state index is -4.71. The first kappa shape index (κ1) is 17.2. The first-order valence-corrected chi connectivity index (χ1v) is 6.50. The zero-order chi connectivity index (χ0) is 14.7. The van der Waals surface area contributed by atoms with Gasteiger partial charge in [0, 0.05) is 17.7 Å². The van der Waals surface area contributed by atoms with Gasteiger partial charge in [0.05, 0.1) is 6.61 Å². The predicted octanol–water partition coefficient (Wildman–Crippen LogP) is 0.0832. The normalized spacial score (nSPS) is 10.0. The maximum atomic E-state index is 10.7. The van der Waals surface area contributed by atoms with Crippen molar-refractivity contribution < 1.29 is 31.7 Å². The number of hydrogen-bond acceptors (Lipinski definition) is 6. The molecule has 0 unspecified atom stereocenters. The van der Waals surface area contributed by atoms with Gasteiger partial charge in [0.2, 0.25) is 10.4 Å². The molecule has 0 saturated carbocycles. The molecule has 8 heteroatoms. The van der Waals surface area contributed by atoms with E-state index in [2.05, 4.69) is 20.5 Å². The summed E-state index contributed by atoms with van der Waals surface area (Å²) in [6, 6.07) is 5.86. The first-order chi connectivity index (χ1) is 8.83. The fourth-order valence-corrected chi connectivity index (χ4v) is 1.01. The van der Waals surface area contributed by atoms with Crippen molar-refractivity contribution in [2.24, 2.45) is 0 Å². The third kappa shape index (κ3) is 12.5. The van der Waals surface area contributed by atoms with Crippen molar-refractivity contribution in [1.82, 2.24) is 0 Å². The topological polar surface area (TPSA) is 107 Å². The second-order valence-electron chi connectivity index (χ2n) is 3.22. The van der Waals surface area contributed by atoms with Gasteiger partial charge in [-0.25, -0.2) is 18.2 Å². The number of carbonyl (C=O) groups is 1. The predicted molar refractivity (Wildman–Crippen MR) is 64.4 cm³/mol. The number of rotatable bonds is 5. The van der Waals surface area contributed by atoms with Crippen LogP contribution in [0.2, 0.25) is 0 Å². The highest BCUT2D eigenvalue weighted by Crippen LogP contribution is 1.92. The Balaban J connectivity index is 0.000000443.